The predicted molar refractivity (Wildman–Crippen MR) is 174 cm³/mol. The predicted octanol–water partition coefficient (Wildman–Crippen LogP) is 4.07. The van der Waals surface area contributed by atoms with Crippen molar-refractivity contribution < 1.29 is 49.0 Å². The van der Waals surface area contributed by atoms with Crippen molar-refractivity contribution in [3.63, 3.8) is 0 Å². The number of benzene rings is 4. The van der Waals surface area contributed by atoms with Crippen LogP contribution < -0.4 is 24.8 Å². The molecule has 2 aliphatic carbocycles. The molecule has 0 heterocycles. The van der Waals surface area contributed by atoms with Crippen molar-refractivity contribution in [2.45, 2.75) is 71.6 Å². The van der Waals surface area contributed by atoms with E-state index in [1.807, 2.05) is 12.1 Å². The van der Waals surface area contributed by atoms with E-state index in [1.54, 1.807) is 0 Å². The maximum absolute atomic E-state index is 3.53. The summed E-state index contributed by atoms with van der Waals surface area (Å²) >= 11 is 1.51. The van der Waals surface area contributed by atoms with Crippen LogP contribution in [0.25, 0.3) is 16.7 Å². The van der Waals surface area contributed by atoms with Gasteiger partial charge in [-0.15, -0.1) is 17.5 Å². The van der Waals surface area contributed by atoms with Gasteiger partial charge in [0, 0.05) is 0 Å². The van der Waals surface area contributed by atoms with Crippen LogP contribution in [-0.2, 0) is 47.9 Å². The van der Waals surface area contributed by atoms with Gasteiger partial charge in [0.05, 0.1) is 0 Å². The summed E-state index contributed by atoms with van der Waals surface area (Å²) in [6, 6.07) is 36.0. The Morgan fingerprint density at radius 3 is 1.91 bits per heavy atom. The van der Waals surface area contributed by atoms with E-state index in [4.69, 9.17) is 0 Å². The van der Waals surface area contributed by atoms with Crippen LogP contribution in [0.4, 0.5) is 0 Å². The number of hydrogen-bond donors (Lipinski definition) is 0. The van der Waals surface area contributed by atoms with Crippen LogP contribution in [-0.4, -0.2) is 3.71 Å². The van der Waals surface area contributed by atoms with E-state index in [1.165, 1.54) is 74.3 Å². The van der Waals surface area contributed by atoms with Crippen LogP contribution >= 0.6 is 0 Å². The molecular formula is C40H42Cl2Zr-2. The first-order chi connectivity index (χ1) is 19.6. The molecule has 0 amide bonds. The molecule has 222 valence electrons. The van der Waals surface area contributed by atoms with E-state index in [0.29, 0.717) is 0 Å². The molecule has 43 heavy (non-hydrogen) atoms. The second kappa shape index (κ2) is 16.7. The van der Waals surface area contributed by atoms with Gasteiger partial charge in [-0.05, 0) is 17.4 Å². The molecule has 0 aromatic heterocycles. The second-order valence-corrected chi connectivity index (χ2v) is 13.8. The third-order valence-corrected chi connectivity index (χ3v) is 8.01. The van der Waals surface area contributed by atoms with Gasteiger partial charge in [-0.1, -0.05) is 107 Å². The molecule has 0 spiro atoms. The molecule has 0 fully saturated rings. The fourth-order valence-corrected chi connectivity index (χ4v) is 5.52. The number of halogens is 2. The minimum atomic E-state index is 0. The number of rotatable bonds is 3. The van der Waals surface area contributed by atoms with E-state index in [0.717, 1.165) is 19.3 Å². The van der Waals surface area contributed by atoms with Gasteiger partial charge in [-0.25, -0.2) is 6.08 Å². The molecule has 0 unspecified atom stereocenters. The monoisotopic (exact) mass is 682 g/mol. The van der Waals surface area contributed by atoms with Crippen molar-refractivity contribution >= 4 is 9.28 Å². The Kier molecular flexibility index (Phi) is 14.3. The Labute approximate surface area is 287 Å². The molecule has 0 saturated heterocycles. The summed E-state index contributed by atoms with van der Waals surface area (Å²) in [6.45, 7) is 13.6. The van der Waals surface area contributed by atoms with Gasteiger partial charge in [0.25, 0.3) is 0 Å². The minimum absolute atomic E-state index is 0. The van der Waals surface area contributed by atoms with Crippen LogP contribution in [0.3, 0.4) is 0 Å². The Bertz CT molecular complexity index is 1460. The fourth-order valence-electron chi connectivity index (χ4n) is 4.95. The summed E-state index contributed by atoms with van der Waals surface area (Å²) in [7, 11) is 0. The first-order valence-corrected chi connectivity index (χ1v) is 16.0. The van der Waals surface area contributed by atoms with Crippen molar-refractivity contribution in [1.82, 2.24) is 0 Å². The van der Waals surface area contributed by atoms with Crippen LogP contribution in [0.15, 0.2) is 103 Å². The van der Waals surface area contributed by atoms with Crippen LogP contribution in [0.1, 0.15) is 81.3 Å². The summed E-state index contributed by atoms with van der Waals surface area (Å²) < 4.78 is 2.25. The van der Waals surface area contributed by atoms with Crippen LogP contribution in [0, 0.1) is 12.1 Å². The molecule has 4 aromatic rings. The number of allylic oxidation sites excluding steroid dienone is 4. The summed E-state index contributed by atoms with van der Waals surface area (Å²) in [4.78, 5) is 0. The Morgan fingerprint density at radius 1 is 0.744 bits per heavy atom. The summed E-state index contributed by atoms with van der Waals surface area (Å²) in [6.07, 6.45) is 10.5. The molecule has 6 rings (SSSR count). The molecular weight excluding hydrogens is 643 g/mol. The van der Waals surface area contributed by atoms with Crippen molar-refractivity contribution in [2.24, 2.45) is 0 Å². The van der Waals surface area contributed by atoms with Crippen molar-refractivity contribution in [3.8, 4) is 11.1 Å². The van der Waals surface area contributed by atoms with E-state index in [-0.39, 0.29) is 35.6 Å². The number of fused-ring (bicyclic) bond motifs is 3. The first-order valence-electron chi connectivity index (χ1n) is 14.6. The molecule has 2 aliphatic rings. The molecule has 3 heteroatoms. The second-order valence-electron chi connectivity index (χ2n) is 12.8. The SMILES string of the molecule is CC(C)(C)c1c[c-]c2c(c1)-c1cc(C(C)(C)C)ccc1C2.[C-]1=CC(c2ccccc2)=CC1.[Cl-].[Cl-].[Zr+2]=[CH]Cc1ccccc1. The van der Waals surface area contributed by atoms with Gasteiger partial charge in [0.2, 0.25) is 0 Å². The Morgan fingerprint density at radius 2 is 1.35 bits per heavy atom. The van der Waals surface area contributed by atoms with E-state index >= 15 is 0 Å². The topological polar surface area (TPSA) is 0 Å². The third kappa shape index (κ3) is 10.4. The zero-order chi connectivity index (χ0) is 29.5. The maximum atomic E-state index is 3.53. The van der Waals surface area contributed by atoms with Gasteiger partial charge in [0.15, 0.2) is 0 Å². The first kappa shape index (κ1) is 36.9. The molecule has 0 nitrogen and oxygen atoms in total. The average molecular weight is 685 g/mol. The molecule has 0 N–H and O–H groups in total. The van der Waals surface area contributed by atoms with Gasteiger partial charge in [-0.3, -0.25) is 6.08 Å². The number of hydrogen-bond acceptors (Lipinski definition) is 0. The molecule has 0 atom stereocenters. The summed E-state index contributed by atoms with van der Waals surface area (Å²) in [5, 5.41) is 0. The standard InChI is InChI=1S/C21H25.C11H9.C8H8.2ClH.Zr/c1-20(2,3)16-9-7-14-11-15-8-10-17(21(4,5)6)13-19(15)18(14)12-16;1-2-6-10(7-3-1)11-8-4-5-9-11;1-2-8-6-4-3-5-7-8;;;/h7,9-10,12-13H,11H2,1-6H3;1-3,6-9H,4H2;1,3-7H,2H2;2*1H;/q2*-1;;;;+2/p-2. The zero-order valence-corrected chi connectivity index (χ0v) is 30.2. The van der Waals surface area contributed by atoms with Crippen molar-refractivity contribution in [2.75, 3.05) is 0 Å². The zero-order valence-electron chi connectivity index (χ0n) is 26.3. The van der Waals surface area contributed by atoms with Crippen LogP contribution in [0.2, 0.25) is 0 Å². The van der Waals surface area contributed by atoms with Gasteiger partial charge < -0.3 is 24.8 Å². The summed E-state index contributed by atoms with van der Waals surface area (Å²) in [5.41, 5.74) is 12.8. The van der Waals surface area contributed by atoms with Crippen LogP contribution in [0.5, 0.6) is 0 Å². The van der Waals surface area contributed by atoms with Gasteiger partial charge in [-0.2, -0.15) is 41.0 Å². The third-order valence-electron chi connectivity index (χ3n) is 7.51. The molecule has 0 saturated carbocycles. The fraction of sp³-hybridized carbons (Fsp3) is 0.275. The normalized spacial score (nSPS) is 12.6. The molecule has 0 radical (unpaired) electrons. The Hall–Kier alpha value is -2.31. The molecule has 4 aromatic carbocycles. The van der Waals surface area contributed by atoms with E-state index in [9.17, 15) is 0 Å². The average Bonchev–Trinajstić information content (AvgIpc) is 3.62. The van der Waals surface area contributed by atoms with Gasteiger partial charge >= 0.3 is 70.3 Å². The quantitative estimate of drug-likeness (QED) is 0.252. The molecule has 0 bridgehead atoms. The van der Waals surface area contributed by atoms with Crippen molar-refractivity contribution in [1.29, 1.82) is 0 Å². The van der Waals surface area contributed by atoms with Gasteiger partial charge in [0.1, 0.15) is 0 Å². The summed E-state index contributed by atoms with van der Waals surface area (Å²) in [5.74, 6) is 0. The van der Waals surface area contributed by atoms with E-state index < -0.39 is 0 Å². The Balaban J connectivity index is 0.000000247. The van der Waals surface area contributed by atoms with Crippen molar-refractivity contribution in [3.05, 3.63) is 149 Å². The van der Waals surface area contributed by atoms with E-state index in [2.05, 4.69) is 148 Å². The molecule has 0 aliphatic heterocycles.